The van der Waals surface area contributed by atoms with Crippen molar-refractivity contribution in [2.75, 3.05) is 13.1 Å². The maximum Gasteiger partial charge on any atom is 0.253 e. The van der Waals surface area contributed by atoms with Crippen molar-refractivity contribution in [3.8, 4) is 0 Å². The van der Waals surface area contributed by atoms with Gasteiger partial charge in [-0.15, -0.1) is 12.4 Å². The second-order valence-electron chi connectivity index (χ2n) is 5.12. The highest BCUT2D eigenvalue weighted by Crippen LogP contribution is 2.21. The maximum atomic E-state index is 13.2. The van der Waals surface area contributed by atoms with Crippen LogP contribution in [0.5, 0.6) is 0 Å². The third-order valence-corrected chi connectivity index (χ3v) is 3.66. The molecule has 2 rings (SSSR count). The largest absolute Gasteiger partial charge is 0.338 e. The summed E-state index contributed by atoms with van der Waals surface area (Å²) >= 11 is 0. The number of benzene rings is 1. The van der Waals surface area contributed by atoms with Crippen molar-refractivity contribution in [1.82, 2.24) is 4.90 Å². The van der Waals surface area contributed by atoms with Crippen molar-refractivity contribution < 1.29 is 9.18 Å². The number of amides is 1. The fourth-order valence-electron chi connectivity index (χ4n) is 2.36. The zero-order chi connectivity index (χ0) is 13.3. The van der Waals surface area contributed by atoms with Crippen LogP contribution in [0, 0.1) is 18.7 Å². The Hall–Kier alpha value is -1.13. The molecule has 106 valence electrons. The van der Waals surface area contributed by atoms with Gasteiger partial charge in [-0.2, -0.15) is 0 Å². The minimum absolute atomic E-state index is 0. The normalized spacial score (nSPS) is 20.0. The first-order chi connectivity index (χ1) is 8.49. The molecule has 0 saturated carbocycles. The fourth-order valence-corrected chi connectivity index (χ4v) is 2.36. The van der Waals surface area contributed by atoms with Crippen molar-refractivity contribution in [3.05, 3.63) is 35.1 Å². The summed E-state index contributed by atoms with van der Waals surface area (Å²) in [6.45, 7) is 5.08. The third-order valence-electron chi connectivity index (χ3n) is 3.66. The van der Waals surface area contributed by atoms with E-state index in [4.69, 9.17) is 5.73 Å². The molecule has 19 heavy (non-hydrogen) atoms. The molecule has 2 atom stereocenters. The van der Waals surface area contributed by atoms with E-state index in [1.807, 2.05) is 6.92 Å². The monoisotopic (exact) mass is 286 g/mol. The standard InChI is InChI=1S/C14H19FN2O.ClH/c1-9-7-11(3-4-13(9)15)14(18)17-6-5-12(8-17)10(2)16;/h3-4,7,10,12H,5-6,8,16H2,1-2H3;1H. The highest BCUT2D eigenvalue weighted by molar-refractivity contribution is 5.94. The Morgan fingerprint density at radius 1 is 1.53 bits per heavy atom. The topological polar surface area (TPSA) is 46.3 Å². The molecule has 1 fully saturated rings. The lowest BCUT2D eigenvalue weighted by Crippen LogP contribution is -2.33. The first-order valence-electron chi connectivity index (χ1n) is 6.30. The molecule has 0 radical (unpaired) electrons. The molecular formula is C14H20ClFN2O. The van der Waals surface area contributed by atoms with Gasteiger partial charge < -0.3 is 10.6 Å². The molecule has 1 aliphatic heterocycles. The van der Waals surface area contributed by atoms with Gasteiger partial charge in [0.2, 0.25) is 0 Å². The minimum Gasteiger partial charge on any atom is -0.338 e. The van der Waals surface area contributed by atoms with Gasteiger partial charge in [0, 0.05) is 24.7 Å². The lowest BCUT2D eigenvalue weighted by molar-refractivity contribution is 0.0786. The summed E-state index contributed by atoms with van der Waals surface area (Å²) in [5.74, 6) is 0.0678. The Morgan fingerprint density at radius 2 is 2.21 bits per heavy atom. The molecule has 0 aromatic heterocycles. The average Bonchev–Trinajstić information content (AvgIpc) is 2.81. The van der Waals surface area contributed by atoms with Crippen LogP contribution in [0.2, 0.25) is 0 Å². The highest BCUT2D eigenvalue weighted by atomic mass is 35.5. The number of carbonyl (C=O) groups excluding carboxylic acids is 1. The van der Waals surface area contributed by atoms with E-state index in [1.165, 1.54) is 6.07 Å². The van der Waals surface area contributed by atoms with E-state index in [9.17, 15) is 9.18 Å². The number of rotatable bonds is 2. The van der Waals surface area contributed by atoms with Gasteiger partial charge in [-0.3, -0.25) is 4.79 Å². The van der Waals surface area contributed by atoms with Crippen LogP contribution < -0.4 is 5.73 Å². The van der Waals surface area contributed by atoms with Gasteiger partial charge in [-0.05, 0) is 49.9 Å². The molecule has 0 bridgehead atoms. The second kappa shape index (κ2) is 6.35. The Morgan fingerprint density at radius 3 is 2.74 bits per heavy atom. The van der Waals surface area contributed by atoms with Crippen LogP contribution >= 0.6 is 12.4 Å². The lowest BCUT2D eigenvalue weighted by atomic mass is 10.0. The van der Waals surface area contributed by atoms with Crippen LogP contribution in [0.4, 0.5) is 4.39 Å². The van der Waals surface area contributed by atoms with Gasteiger partial charge in [0.1, 0.15) is 5.82 Å². The number of nitrogens with two attached hydrogens (primary N) is 1. The zero-order valence-corrected chi connectivity index (χ0v) is 12.0. The summed E-state index contributed by atoms with van der Waals surface area (Å²) in [7, 11) is 0. The average molecular weight is 287 g/mol. The Kier molecular flexibility index (Phi) is 5.32. The predicted octanol–water partition coefficient (Wildman–Crippen LogP) is 2.37. The van der Waals surface area contributed by atoms with Crippen LogP contribution in [0.1, 0.15) is 29.3 Å². The van der Waals surface area contributed by atoms with Crippen LogP contribution in [0.25, 0.3) is 0 Å². The number of hydrogen-bond donors (Lipinski definition) is 1. The van der Waals surface area contributed by atoms with Gasteiger partial charge in [-0.1, -0.05) is 0 Å². The molecule has 1 aromatic rings. The van der Waals surface area contributed by atoms with E-state index < -0.39 is 0 Å². The van der Waals surface area contributed by atoms with Crippen LogP contribution in [-0.2, 0) is 0 Å². The first-order valence-corrected chi connectivity index (χ1v) is 6.30. The van der Waals surface area contributed by atoms with Gasteiger partial charge >= 0.3 is 0 Å². The summed E-state index contributed by atoms with van der Waals surface area (Å²) in [5.41, 5.74) is 6.91. The molecule has 1 amide bonds. The maximum absolute atomic E-state index is 13.2. The molecular weight excluding hydrogens is 267 g/mol. The van der Waals surface area contributed by atoms with Crippen molar-refractivity contribution in [3.63, 3.8) is 0 Å². The summed E-state index contributed by atoms with van der Waals surface area (Å²) in [4.78, 5) is 14.0. The SMILES string of the molecule is Cc1cc(C(=O)N2CCC(C(C)N)C2)ccc1F.Cl. The predicted molar refractivity (Wildman–Crippen MR) is 76.0 cm³/mol. The fraction of sp³-hybridized carbons (Fsp3) is 0.500. The third kappa shape index (κ3) is 3.45. The summed E-state index contributed by atoms with van der Waals surface area (Å²) in [5, 5.41) is 0. The zero-order valence-electron chi connectivity index (χ0n) is 11.2. The van der Waals surface area contributed by atoms with Crippen molar-refractivity contribution in [2.24, 2.45) is 11.7 Å². The van der Waals surface area contributed by atoms with Gasteiger partial charge in [0.25, 0.3) is 5.91 Å². The van der Waals surface area contributed by atoms with Gasteiger partial charge in [0.15, 0.2) is 0 Å². The second-order valence-corrected chi connectivity index (χ2v) is 5.12. The van der Waals surface area contributed by atoms with E-state index in [2.05, 4.69) is 0 Å². The van der Waals surface area contributed by atoms with E-state index in [0.29, 0.717) is 23.6 Å². The van der Waals surface area contributed by atoms with Gasteiger partial charge in [-0.25, -0.2) is 4.39 Å². The molecule has 1 saturated heterocycles. The summed E-state index contributed by atoms with van der Waals surface area (Å²) in [6.07, 6.45) is 0.948. The lowest BCUT2D eigenvalue weighted by Gasteiger charge is -2.18. The van der Waals surface area contributed by atoms with E-state index in [1.54, 1.807) is 24.0 Å². The van der Waals surface area contributed by atoms with Crippen molar-refractivity contribution >= 4 is 18.3 Å². The minimum atomic E-state index is -0.276. The highest BCUT2D eigenvalue weighted by Gasteiger charge is 2.28. The summed E-state index contributed by atoms with van der Waals surface area (Å²) < 4.78 is 13.2. The molecule has 1 aliphatic rings. The van der Waals surface area contributed by atoms with Crippen molar-refractivity contribution in [2.45, 2.75) is 26.3 Å². The molecule has 0 aliphatic carbocycles. The molecule has 1 aromatic carbocycles. The Labute approximate surface area is 119 Å². The van der Waals surface area contributed by atoms with Crippen molar-refractivity contribution in [1.29, 1.82) is 0 Å². The Bertz CT molecular complexity index is 465. The Balaban J connectivity index is 0.00000180. The molecule has 5 heteroatoms. The van der Waals surface area contributed by atoms with E-state index >= 15 is 0 Å². The number of halogens is 2. The molecule has 2 unspecified atom stereocenters. The molecule has 1 heterocycles. The smallest absolute Gasteiger partial charge is 0.253 e. The van der Waals surface area contributed by atoms with Crippen LogP contribution in [-0.4, -0.2) is 29.9 Å². The molecule has 2 N–H and O–H groups in total. The number of likely N-dealkylation sites (tertiary alicyclic amines) is 1. The molecule has 0 spiro atoms. The number of hydrogen-bond acceptors (Lipinski definition) is 2. The summed E-state index contributed by atoms with van der Waals surface area (Å²) in [6, 6.07) is 4.61. The number of carbonyl (C=O) groups is 1. The number of aryl methyl sites for hydroxylation is 1. The van der Waals surface area contributed by atoms with Crippen LogP contribution in [0.3, 0.4) is 0 Å². The quantitative estimate of drug-likeness (QED) is 0.907. The van der Waals surface area contributed by atoms with Gasteiger partial charge in [0.05, 0.1) is 0 Å². The van der Waals surface area contributed by atoms with Crippen LogP contribution in [0.15, 0.2) is 18.2 Å². The first kappa shape index (κ1) is 15.9. The van der Waals surface area contributed by atoms with E-state index in [0.717, 1.165) is 13.0 Å². The number of nitrogens with zero attached hydrogens (tertiary/aromatic N) is 1. The molecule has 3 nitrogen and oxygen atoms in total. The van der Waals surface area contributed by atoms with E-state index in [-0.39, 0.29) is 30.2 Å².